The minimum absolute atomic E-state index is 0. The lowest BCUT2D eigenvalue weighted by Gasteiger charge is -2.37. The summed E-state index contributed by atoms with van der Waals surface area (Å²) in [6, 6.07) is 5.95. The van der Waals surface area contributed by atoms with Gasteiger partial charge in [0.05, 0.1) is 25.9 Å². The summed E-state index contributed by atoms with van der Waals surface area (Å²) in [5.41, 5.74) is 1.05. The van der Waals surface area contributed by atoms with E-state index in [1.807, 2.05) is 6.07 Å². The molecule has 1 aliphatic heterocycles. The molecule has 25 heavy (non-hydrogen) atoms. The van der Waals surface area contributed by atoms with Gasteiger partial charge in [-0.25, -0.2) is 0 Å². The minimum atomic E-state index is -0.171. The Bertz CT molecular complexity index is 542. The third-order valence-electron chi connectivity index (χ3n) is 5.30. The molecule has 142 valence electrons. The second kappa shape index (κ2) is 9.62. The molecule has 1 heterocycles. The molecule has 2 aliphatic rings. The number of nitrogens with zero attached hydrogens (tertiary/aromatic N) is 1. The summed E-state index contributed by atoms with van der Waals surface area (Å²) in [5.74, 6) is 0.677. The second-order valence-corrected chi connectivity index (χ2v) is 6.95. The molecule has 0 aromatic heterocycles. The van der Waals surface area contributed by atoms with E-state index in [0.717, 1.165) is 37.9 Å². The van der Waals surface area contributed by atoms with Crippen molar-refractivity contribution in [3.8, 4) is 11.5 Å². The predicted octanol–water partition coefficient (Wildman–Crippen LogP) is 2.76. The highest BCUT2D eigenvalue weighted by Gasteiger charge is 2.34. The van der Waals surface area contributed by atoms with Gasteiger partial charge < -0.3 is 19.7 Å². The Morgan fingerprint density at radius 3 is 2.68 bits per heavy atom. The van der Waals surface area contributed by atoms with E-state index in [2.05, 4.69) is 4.90 Å². The van der Waals surface area contributed by atoms with Crippen molar-refractivity contribution in [1.82, 2.24) is 4.90 Å². The lowest BCUT2D eigenvalue weighted by Crippen LogP contribution is -2.46. The molecular formula is C19H30ClNO4. The summed E-state index contributed by atoms with van der Waals surface area (Å²) in [7, 11) is 1.55. The van der Waals surface area contributed by atoms with Crippen LogP contribution in [-0.2, 0) is 11.2 Å². The average molecular weight is 372 g/mol. The van der Waals surface area contributed by atoms with Crippen molar-refractivity contribution < 1.29 is 19.7 Å². The molecule has 1 aromatic rings. The number of phenolic OH excluding ortho intramolecular Hbond substituents is 1. The van der Waals surface area contributed by atoms with Crippen LogP contribution in [0.4, 0.5) is 0 Å². The van der Waals surface area contributed by atoms with Gasteiger partial charge in [-0.05, 0) is 43.4 Å². The fourth-order valence-electron chi connectivity index (χ4n) is 3.98. The van der Waals surface area contributed by atoms with Crippen LogP contribution in [0.1, 0.15) is 37.7 Å². The summed E-state index contributed by atoms with van der Waals surface area (Å²) in [6.45, 7) is 2.43. The second-order valence-electron chi connectivity index (χ2n) is 6.95. The fourth-order valence-corrected chi connectivity index (χ4v) is 3.98. The number of hydrogen-bond acceptors (Lipinski definition) is 5. The molecule has 1 saturated carbocycles. The van der Waals surface area contributed by atoms with E-state index in [0.29, 0.717) is 18.4 Å². The highest BCUT2D eigenvalue weighted by atomic mass is 35.5. The number of likely N-dealkylation sites (tertiary alicyclic amines) is 1. The number of aliphatic hydroxyl groups excluding tert-OH is 1. The first-order valence-corrected chi connectivity index (χ1v) is 9.07. The number of phenols is 1. The van der Waals surface area contributed by atoms with Crippen LogP contribution in [0.3, 0.4) is 0 Å². The van der Waals surface area contributed by atoms with Crippen LogP contribution >= 0.6 is 12.4 Å². The fraction of sp³-hybridized carbons (Fsp3) is 0.684. The molecule has 5 nitrogen and oxygen atoms in total. The van der Waals surface area contributed by atoms with E-state index >= 15 is 0 Å². The number of β-amino-alcohol motifs (C(OH)–C–C–N with tert-alkyl or cyclic N) is 1. The Hall–Kier alpha value is -1.01. The van der Waals surface area contributed by atoms with Crippen LogP contribution in [0.2, 0.25) is 0 Å². The first-order chi connectivity index (χ1) is 11.7. The molecule has 2 fully saturated rings. The Kier molecular flexibility index (Phi) is 7.81. The van der Waals surface area contributed by atoms with Crippen molar-refractivity contribution in [2.45, 2.75) is 56.8 Å². The van der Waals surface area contributed by atoms with E-state index in [1.54, 1.807) is 19.2 Å². The van der Waals surface area contributed by atoms with Crippen LogP contribution in [-0.4, -0.2) is 60.2 Å². The van der Waals surface area contributed by atoms with Gasteiger partial charge in [0.15, 0.2) is 11.5 Å². The van der Waals surface area contributed by atoms with Gasteiger partial charge >= 0.3 is 0 Å². The molecule has 0 radical (unpaired) electrons. The number of aliphatic hydroxyl groups is 1. The van der Waals surface area contributed by atoms with Gasteiger partial charge in [0.25, 0.3) is 0 Å². The first-order valence-electron chi connectivity index (χ1n) is 9.07. The number of halogens is 1. The van der Waals surface area contributed by atoms with Gasteiger partial charge in [0, 0.05) is 19.1 Å². The van der Waals surface area contributed by atoms with Crippen LogP contribution in [0.25, 0.3) is 0 Å². The number of methoxy groups -OCH3 is 1. The maximum atomic E-state index is 9.85. The molecule has 2 N–H and O–H groups in total. The number of benzene rings is 1. The molecule has 3 rings (SSSR count). The molecule has 1 saturated heterocycles. The maximum absolute atomic E-state index is 9.85. The molecule has 6 heteroatoms. The van der Waals surface area contributed by atoms with Crippen molar-refractivity contribution in [3.63, 3.8) is 0 Å². The number of hydrogen-bond donors (Lipinski definition) is 2. The Morgan fingerprint density at radius 2 is 2.00 bits per heavy atom. The largest absolute Gasteiger partial charge is 0.504 e. The van der Waals surface area contributed by atoms with E-state index in [9.17, 15) is 10.2 Å². The van der Waals surface area contributed by atoms with Gasteiger partial charge in [-0.2, -0.15) is 0 Å². The third-order valence-corrected chi connectivity index (χ3v) is 5.30. The summed E-state index contributed by atoms with van der Waals surface area (Å²) < 4.78 is 11.3. The van der Waals surface area contributed by atoms with E-state index in [4.69, 9.17) is 9.47 Å². The molecule has 1 aromatic carbocycles. The molecule has 0 spiro atoms. The zero-order valence-corrected chi connectivity index (χ0v) is 15.7. The van der Waals surface area contributed by atoms with E-state index in [1.165, 1.54) is 19.3 Å². The normalized spacial score (nSPS) is 27.0. The zero-order valence-electron chi connectivity index (χ0n) is 14.9. The Labute approximate surface area is 156 Å². The topological polar surface area (TPSA) is 62.2 Å². The minimum Gasteiger partial charge on any atom is -0.504 e. The van der Waals surface area contributed by atoms with Crippen LogP contribution in [0.15, 0.2) is 18.2 Å². The smallest absolute Gasteiger partial charge is 0.160 e. The van der Waals surface area contributed by atoms with Crippen molar-refractivity contribution >= 4 is 12.4 Å². The summed E-state index contributed by atoms with van der Waals surface area (Å²) in [5, 5.41) is 19.6. The quantitative estimate of drug-likeness (QED) is 0.805. The summed E-state index contributed by atoms with van der Waals surface area (Å²) >= 11 is 0. The number of ether oxygens (including phenoxy) is 2. The number of rotatable bonds is 6. The Morgan fingerprint density at radius 1 is 1.20 bits per heavy atom. The van der Waals surface area contributed by atoms with E-state index < -0.39 is 0 Å². The molecule has 0 unspecified atom stereocenters. The van der Waals surface area contributed by atoms with Crippen molar-refractivity contribution in [2.24, 2.45) is 0 Å². The van der Waals surface area contributed by atoms with Gasteiger partial charge in [-0.3, -0.25) is 4.90 Å². The van der Waals surface area contributed by atoms with Crippen LogP contribution < -0.4 is 4.74 Å². The molecular weight excluding hydrogens is 342 g/mol. The van der Waals surface area contributed by atoms with E-state index in [-0.39, 0.29) is 30.4 Å². The monoisotopic (exact) mass is 371 g/mol. The zero-order chi connectivity index (χ0) is 16.9. The standard InChI is InChI=1S/C19H29NO4.ClH/c1-23-19-7-6-14(12-17(19)22)9-11-24-18-5-3-2-4-16(18)20-10-8-15(21)13-20;/h6-7,12,15-16,18,21-22H,2-5,8-11,13H2,1H3;1H/t15-,16-,18-;/m1./s1. The molecule has 1 aliphatic carbocycles. The first kappa shape index (κ1) is 20.3. The lowest BCUT2D eigenvalue weighted by atomic mass is 9.91. The third kappa shape index (κ3) is 5.23. The SMILES string of the molecule is COc1ccc(CCO[C@@H]2CCCC[C@H]2N2CC[C@@H](O)C2)cc1O.Cl. The average Bonchev–Trinajstić information content (AvgIpc) is 3.02. The van der Waals surface area contributed by atoms with Gasteiger partial charge in [0.1, 0.15) is 0 Å². The van der Waals surface area contributed by atoms with Crippen molar-refractivity contribution in [1.29, 1.82) is 0 Å². The molecule has 0 bridgehead atoms. The number of aromatic hydroxyl groups is 1. The molecule has 0 amide bonds. The lowest BCUT2D eigenvalue weighted by molar-refractivity contribution is -0.0316. The van der Waals surface area contributed by atoms with Crippen molar-refractivity contribution in [2.75, 3.05) is 26.8 Å². The summed E-state index contributed by atoms with van der Waals surface area (Å²) in [6.07, 6.45) is 6.50. The highest BCUT2D eigenvalue weighted by molar-refractivity contribution is 5.85. The van der Waals surface area contributed by atoms with Crippen LogP contribution in [0.5, 0.6) is 11.5 Å². The highest BCUT2D eigenvalue weighted by Crippen LogP contribution is 2.29. The van der Waals surface area contributed by atoms with Gasteiger partial charge in [-0.1, -0.05) is 18.9 Å². The Balaban J connectivity index is 0.00000225. The summed E-state index contributed by atoms with van der Waals surface area (Å²) in [4.78, 5) is 2.41. The maximum Gasteiger partial charge on any atom is 0.160 e. The van der Waals surface area contributed by atoms with Gasteiger partial charge in [-0.15, -0.1) is 12.4 Å². The van der Waals surface area contributed by atoms with Gasteiger partial charge in [0.2, 0.25) is 0 Å². The molecule has 3 atom stereocenters. The van der Waals surface area contributed by atoms with Crippen LogP contribution in [0, 0.1) is 0 Å². The van der Waals surface area contributed by atoms with Crippen molar-refractivity contribution in [3.05, 3.63) is 23.8 Å². The predicted molar refractivity (Wildman–Crippen MR) is 99.8 cm³/mol.